The second-order valence-electron chi connectivity index (χ2n) is 5.99. The summed E-state index contributed by atoms with van der Waals surface area (Å²) in [5.74, 6) is 0. The SMILES string of the molecule is COC(=O)N1CCCN(CCCCCn2cc(C)cn2)CC1. The van der Waals surface area contributed by atoms with Crippen LogP contribution in [0.3, 0.4) is 0 Å². The highest BCUT2D eigenvalue weighted by Gasteiger charge is 2.18. The van der Waals surface area contributed by atoms with Crippen LogP contribution in [-0.2, 0) is 11.3 Å². The standard InChI is InChI=1S/C16H28N4O2/c1-15-13-17-20(14-15)10-5-3-4-7-18-8-6-9-19(12-11-18)16(21)22-2/h13-14H,3-12H2,1-2H3. The number of hydrogen-bond acceptors (Lipinski definition) is 4. The van der Waals surface area contributed by atoms with E-state index in [0.717, 1.165) is 45.7 Å². The number of methoxy groups -OCH3 is 1. The maximum atomic E-state index is 11.5. The number of rotatable bonds is 6. The predicted molar refractivity (Wildman–Crippen MR) is 85.9 cm³/mol. The van der Waals surface area contributed by atoms with E-state index in [-0.39, 0.29) is 6.09 Å². The van der Waals surface area contributed by atoms with Crippen molar-refractivity contribution in [2.45, 2.75) is 39.2 Å². The van der Waals surface area contributed by atoms with E-state index in [9.17, 15) is 4.79 Å². The third kappa shape index (κ3) is 5.33. The number of hydrogen-bond donors (Lipinski definition) is 0. The molecule has 124 valence electrons. The van der Waals surface area contributed by atoms with Crippen molar-refractivity contribution in [1.29, 1.82) is 0 Å². The highest BCUT2D eigenvalue weighted by Crippen LogP contribution is 2.07. The van der Waals surface area contributed by atoms with Gasteiger partial charge in [-0.1, -0.05) is 6.42 Å². The van der Waals surface area contributed by atoms with Gasteiger partial charge in [0.2, 0.25) is 0 Å². The molecule has 1 aliphatic rings. The van der Waals surface area contributed by atoms with Gasteiger partial charge in [0.15, 0.2) is 0 Å². The van der Waals surface area contributed by atoms with E-state index in [0.29, 0.717) is 0 Å². The summed E-state index contributed by atoms with van der Waals surface area (Å²) in [7, 11) is 1.45. The third-order valence-corrected chi connectivity index (χ3v) is 4.15. The molecule has 0 saturated carbocycles. The van der Waals surface area contributed by atoms with Crippen LogP contribution in [0.5, 0.6) is 0 Å². The number of aromatic nitrogens is 2. The second kappa shape index (κ2) is 8.78. The molecule has 0 atom stereocenters. The van der Waals surface area contributed by atoms with Crippen molar-refractivity contribution in [1.82, 2.24) is 19.6 Å². The van der Waals surface area contributed by atoms with E-state index in [1.807, 2.05) is 10.9 Å². The molecule has 1 saturated heterocycles. The Morgan fingerprint density at radius 2 is 2.00 bits per heavy atom. The molecular weight excluding hydrogens is 280 g/mol. The Balaban J connectivity index is 1.58. The molecule has 1 aromatic rings. The summed E-state index contributed by atoms with van der Waals surface area (Å²) in [6, 6.07) is 0. The van der Waals surface area contributed by atoms with Crippen molar-refractivity contribution in [3.05, 3.63) is 18.0 Å². The topological polar surface area (TPSA) is 50.6 Å². The molecule has 2 heterocycles. The average Bonchev–Trinajstić information content (AvgIpc) is 2.79. The molecule has 0 spiro atoms. The second-order valence-corrected chi connectivity index (χ2v) is 5.99. The van der Waals surface area contributed by atoms with Gasteiger partial charge in [0.1, 0.15) is 0 Å². The van der Waals surface area contributed by atoms with Crippen molar-refractivity contribution in [3.63, 3.8) is 0 Å². The van der Waals surface area contributed by atoms with Crippen molar-refractivity contribution in [2.75, 3.05) is 39.8 Å². The van der Waals surface area contributed by atoms with Gasteiger partial charge in [0, 0.05) is 32.4 Å². The zero-order chi connectivity index (χ0) is 15.8. The minimum absolute atomic E-state index is 0.198. The molecule has 0 radical (unpaired) electrons. The van der Waals surface area contributed by atoms with Crippen molar-refractivity contribution >= 4 is 6.09 Å². The lowest BCUT2D eigenvalue weighted by Crippen LogP contribution is -2.35. The smallest absolute Gasteiger partial charge is 0.409 e. The van der Waals surface area contributed by atoms with Crippen LogP contribution in [-0.4, -0.2) is 65.5 Å². The number of amides is 1. The summed E-state index contributed by atoms with van der Waals surface area (Å²) in [6.45, 7) is 7.80. The molecule has 6 nitrogen and oxygen atoms in total. The Bertz CT molecular complexity index is 461. The Morgan fingerprint density at radius 1 is 1.18 bits per heavy atom. The van der Waals surface area contributed by atoms with Crippen LogP contribution < -0.4 is 0 Å². The fourth-order valence-electron chi connectivity index (χ4n) is 2.88. The van der Waals surface area contributed by atoms with E-state index in [1.54, 1.807) is 4.90 Å². The zero-order valence-electron chi connectivity index (χ0n) is 13.8. The number of unbranched alkanes of at least 4 members (excludes halogenated alkanes) is 2. The van der Waals surface area contributed by atoms with Gasteiger partial charge in [-0.2, -0.15) is 5.10 Å². The Morgan fingerprint density at radius 3 is 2.73 bits per heavy atom. The van der Waals surface area contributed by atoms with Crippen LogP contribution in [0.1, 0.15) is 31.2 Å². The number of ether oxygens (including phenoxy) is 1. The fourth-order valence-corrected chi connectivity index (χ4v) is 2.88. The van der Waals surface area contributed by atoms with E-state index in [1.165, 1.54) is 31.9 Å². The van der Waals surface area contributed by atoms with Crippen LogP contribution in [0, 0.1) is 6.92 Å². The largest absolute Gasteiger partial charge is 0.453 e. The molecule has 6 heteroatoms. The first kappa shape index (κ1) is 16.8. The maximum absolute atomic E-state index is 11.5. The first-order chi connectivity index (χ1) is 10.7. The van der Waals surface area contributed by atoms with Crippen LogP contribution in [0.4, 0.5) is 4.79 Å². The van der Waals surface area contributed by atoms with Gasteiger partial charge >= 0.3 is 6.09 Å². The molecule has 0 unspecified atom stereocenters. The summed E-state index contributed by atoms with van der Waals surface area (Å²) in [5, 5.41) is 4.31. The number of carbonyl (C=O) groups excluding carboxylic acids is 1. The van der Waals surface area contributed by atoms with E-state index in [4.69, 9.17) is 4.74 Å². The molecule has 1 aliphatic heterocycles. The summed E-state index contributed by atoms with van der Waals surface area (Å²) in [6.07, 6.45) is 8.43. The van der Waals surface area contributed by atoms with Crippen LogP contribution in [0.15, 0.2) is 12.4 Å². The maximum Gasteiger partial charge on any atom is 0.409 e. The Kier molecular flexibility index (Phi) is 6.71. The van der Waals surface area contributed by atoms with E-state index < -0.39 is 0 Å². The first-order valence-corrected chi connectivity index (χ1v) is 8.23. The molecular formula is C16H28N4O2. The Labute approximate surface area is 133 Å². The fraction of sp³-hybridized carbons (Fsp3) is 0.750. The number of carbonyl (C=O) groups is 1. The van der Waals surface area contributed by atoms with E-state index >= 15 is 0 Å². The summed E-state index contributed by atoms with van der Waals surface area (Å²) < 4.78 is 6.82. The van der Waals surface area contributed by atoms with Crippen molar-refractivity contribution in [3.8, 4) is 0 Å². The number of aryl methyl sites for hydroxylation is 2. The molecule has 0 aromatic carbocycles. The highest BCUT2D eigenvalue weighted by atomic mass is 16.5. The third-order valence-electron chi connectivity index (χ3n) is 4.15. The minimum atomic E-state index is -0.198. The molecule has 1 amide bonds. The number of nitrogens with zero attached hydrogens (tertiary/aromatic N) is 4. The summed E-state index contributed by atoms with van der Waals surface area (Å²) >= 11 is 0. The average molecular weight is 308 g/mol. The zero-order valence-corrected chi connectivity index (χ0v) is 13.8. The first-order valence-electron chi connectivity index (χ1n) is 8.23. The van der Waals surface area contributed by atoms with Gasteiger partial charge in [-0.05, 0) is 44.8 Å². The summed E-state index contributed by atoms with van der Waals surface area (Å²) in [4.78, 5) is 15.8. The molecule has 22 heavy (non-hydrogen) atoms. The molecule has 0 N–H and O–H groups in total. The molecule has 1 aromatic heterocycles. The monoisotopic (exact) mass is 308 g/mol. The van der Waals surface area contributed by atoms with Crippen LogP contribution in [0.2, 0.25) is 0 Å². The normalized spacial score (nSPS) is 16.5. The van der Waals surface area contributed by atoms with Gasteiger partial charge in [0.05, 0.1) is 13.3 Å². The van der Waals surface area contributed by atoms with Crippen molar-refractivity contribution < 1.29 is 9.53 Å². The summed E-state index contributed by atoms with van der Waals surface area (Å²) in [5.41, 5.74) is 1.22. The molecule has 1 fully saturated rings. The lowest BCUT2D eigenvalue weighted by molar-refractivity contribution is 0.124. The van der Waals surface area contributed by atoms with Crippen LogP contribution >= 0.6 is 0 Å². The van der Waals surface area contributed by atoms with Gasteiger partial charge in [-0.3, -0.25) is 4.68 Å². The van der Waals surface area contributed by atoms with Gasteiger partial charge in [-0.15, -0.1) is 0 Å². The predicted octanol–water partition coefficient (Wildman–Crippen LogP) is 2.14. The van der Waals surface area contributed by atoms with Gasteiger partial charge in [-0.25, -0.2) is 4.79 Å². The lowest BCUT2D eigenvalue weighted by atomic mass is 10.2. The van der Waals surface area contributed by atoms with Gasteiger partial charge in [0.25, 0.3) is 0 Å². The molecule has 0 aliphatic carbocycles. The minimum Gasteiger partial charge on any atom is -0.453 e. The quantitative estimate of drug-likeness (QED) is 0.756. The molecule has 0 bridgehead atoms. The molecule has 2 rings (SSSR count). The van der Waals surface area contributed by atoms with E-state index in [2.05, 4.69) is 23.1 Å². The Hall–Kier alpha value is -1.56. The van der Waals surface area contributed by atoms with Gasteiger partial charge < -0.3 is 14.5 Å². The van der Waals surface area contributed by atoms with Crippen LogP contribution in [0.25, 0.3) is 0 Å². The lowest BCUT2D eigenvalue weighted by Gasteiger charge is -2.21. The van der Waals surface area contributed by atoms with Crippen molar-refractivity contribution in [2.24, 2.45) is 0 Å². The highest BCUT2D eigenvalue weighted by molar-refractivity contribution is 5.67.